The van der Waals surface area contributed by atoms with Gasteiger partial charge in [-0.15, -0.1) is 11.3 Å². The highest BCUT2D eigenvalue weighted by molar-refractivity contribution is 7.17. The minimum atomic E-state index is -1.09. The monoisotopic (exact) mass is 466 g/mol. The van der Waals surface area contributed by atoms with Crippen LogP contribution in [-0.4, -0.2) is 34.3 Å². The van der Waals surface area contributed by atoms with Gasteiger partial charge in [-0.2, -0.15) is 0 Å². The highest BCUT2D eigenvalue weighted by Crippen LogP contribution is 2.37. The molecule has 1 aromatic heterocycles. The van der Waals surface area contributed by atoms with E-state index >= 15 is 0 Å². The van der Waals surface area contributed by atoms with Gasteiger partial charge in [-0.1, -0.05) is 41.9 Å². The number of hydrogen-bond donors (Lipinski definition) is 2. The number of nitrogens with one attached hydrogen (secondary N) is 1. The number of nitrogens with zero attached hydrogens (tertiary/aromatic N) is 1. The van der Waals surface area contributed by atoms with E-state index in [1.54, 1.807) is 53.4 Å². The zero-order chi connectivity index (χ0) is 22.7. The van der Waals surface area contributed by atoms with Crippen LogP contribution in [0.15, 0.2) is 60.7 Å². The van der Waals surface area contributed by atoms with E-state index in [1.807, 2.05) is 12.1 Å². The number of halogens is 1. The van der Waals surface area contributed by atoms with Crippen LogP contribution in [0.1, 0.15) is 36.7 Å². The van der Waals surface area contributed by atoms with Gasteiger partial charge >= 0.3 is 5.97 Å². The van der Waals surface area contributed by atoms with Crippen molar-refractivity contribution in [2.24, 2.45) is 0 Å². The lowest BCUT2D eigenvalue weighted by Crippen LogP contribution is -2.34. The number of carboxylic acid groups (broad SMARTS) is 1. The van der Waals surface area contributed by atoms with Crippen LogP contribution in [0.4, 0.5) is 5.00 Å². The Kier molecular flexibility index (Phi) is 6.39. The van der Waals surface area contributed by atoms with Crippen molar-refractivity contribution in [2.75, 3.05) is 11.9 Å². The van der Waals surface area contributed by atoms with Crippen molar-refractivity contribution in [2.45, 2.75) is 13.0 Å². The Morgan fingerprint density at radius 2 is 1.78 bits per heavy atom. The average Bonchev–Trinajstić information content (AvgIpc) is 3.16. The highest BCUT2D eigenvalue weighted by atomic mass is 35.5. The maximum atomic E-state index is 12.7. The Morgan fingerprint density at radius 3 is 2.47 bits per heavy atom. The summed E-state index contributed by atoms with van der Waals surface area (Å²) >= 11 is 7.09. The number of amides is 2. The largest absolute Gasteiger partial charge is 0.478 e. The van der Waals surface area contributed by atoms with Crippen LogP contribution < -0.4 is 5.32 Å². The number of rotatable bonds is 5. The summed E-state index contributed by atoms with van der Waals surface area (Å²) in [5, 5.41) is 13.4. The third-order valence-corrected chi connectivity index (χ3v) is 6.52. The molecule has 0 fully saturated rings. The molecule has 1 aliphatic heterocycles. The number of anilines is 1. The Balaban J connectivity index is 1.52. The number of thiophene rings is 1. The molecule has 0 saturated carbocycles. The lowest BCUT2D eigenvalue weighted by Gasteiger charge is -2.26. The van der Waals surface area contributed by atoms with E-state index < -0.39 is 5.97 Å². The molecule has 0 radical (unpaired) electrons. The third kappa shape index (κ3) is 4.74. The van der Waals surface area contributed by atoms with Crippen LogP contribution in [0, 0.1) is 0 Å². The van der Waals surface area contributed by atoms with Gasteiger partial charge in [0.05, 0.1) is 12.1 Å². The SMILES string of the molecule is O=C(Nc1sc2c(c1C(=O)O)CCN(C(=O)/C=C/c1ccc(Cl)cc1)C2)c1ccccc1. The fourth-order valence-corrected chi connectivity index (χ4v) is 4.89. The molecule has 0 aliphatic carbocycles. The van der Waals surface area contributed by atoms with Gasteiger partial charge < -0.3 is 15.3 Å². The fraction of sp³-hybridized carbons (Fsp3) is 0.125. The second-order valence-electron chi connectivity index (χ2n) is 7.23. The quantitative estimate of drug-likeness (QED) is 0.521. The molecule has 1 aliphatic rings. The summed E-state index contributed by atoms with van der Waals surface area (Å²) in [6.45, 7) is 0.700. The van der Waals surface area contributed by atoms with Gasteiger partial charge in [0.25, 0.3) is 5.91 Å². The Morgan fingerprint density at radius 1 is 1.06 bits per heavy atom. The van der Waals surface area contributed by atoms with Crippen LogP contribution in [0.5, 0.6) is 0 Å². The lowest BCUT2D eigenvalue weighted by molar-refractivity contribution is -0.126. The molecule has 2 aromatic carbocycles. The van der Waals surface area contributed by atoms with Gasteiger partial charge in [0, 0.05) is 28.1 Å². The molecule has 8 heteroatoms. The number of benzene rings is 2. The predicted molar refractivity (Wildman–Crippen MR) is 125 cm³/mol. The number of aromatic carboxylic acids is 1. The maximum absolute atomic E-state index is 12.7. The normalized spacial score (nSPS) is 13.1. The van der Waals surface area contributed by atoms with E-state index in [9.17, 15) is 19.5 Å². The van der Waals surface area contributed by atoms with Crippen molar-refractivity contribution in [1.29, 1.82) is 0 Å². The van der Waals surface area contributed by atoms with Crippen molar-refractivity contribution >= 4 is 51.8 Å². The standard InChI is InChI=1S/C24H19ClN2O4S/c25-17-9-6-15(7-10-17)8-11-20(28)27-13-12-18-19(14-27)32-23(21(18)24(30)31)26-22(29)16-4-2-1-3-5-16/h1-11H,12-14H2,(H,26,29)(H,30,31)/b11-8+. The first kappa shape index (κ1) is 21.8. The maximum Gasteiger partial charge on any atom is 0.339 e. The van der Waals surface area contributed by atoms with E-state index in [1.165, 1.54) is 17.4 Å². The predicted octanol–water partition coefficient (Wildman–Crippen LogP) is 4.95. The molecule has 4 rings (SSSR count). The third-order valence-electron chi connectivity index (χ3n) is 5.13. The van der Waals surface area contributed by atoms with Crippen molar-refractivity contribution in [3.05, 3.63) is 92.8 Å². The number of fused-ring (bicyclic) bond motifs is 1. The molecule has 2 amide bonds. The molecule has 162 valence electrons. The summed E-state index contributed by atoms with van der Waals surface area (Å²) in [4.78, 5) is 39.6. The summed E-state index contributed by atoms with van der Waals surface area (Å²) < 4.78 is 0. The van der Waals surface area contributed by atoms with Crippen LogP contribution in [0.2, 0.25) is 5.02 Å². The zero-order valence-electron chi connectivity index (χ0n) is 16.9. The molecule has 0 spiro atoms. The molecule has 0 bridgehead atoms. The summed E-state index contributed by atoms with van der Waals surface area (Å²) in [5.41, 5.74) is 2.09. The fourth-order valence-electron chi connectivity index (χ4n) is 3.52. The van der Waals surface area contributed by atoms with Crippen LogP contribution in [0.25, 0.3) is 6.08 Å². The topological polar surface area (TPSA) is 86.7 Å². The van der Waals surface area contributed by atoms with E-state index in [0.717, 1.165) is 10.4 Å². The van der Waals surface area contributed by atoms with Gasteiger partial charge in [0.15, 0.2) is 0 Å². The molecular weight excluding hydrogens is 448 g/mol. The van der Waals surface area contributed by atoms with Crippen molar-refractivity contribution in [1.82, 2.24) is 4.90 Å². The second-order valence-corrected chi connectivity index (χ2v) is 8.77. The highest BCUT2D eigenvalue weighted by Gasteiger charge is 2.29. The van der Waals surface area contributed by atoms with Crippen LogP contribution in [-0.2, 0) is 17.8 Å². The smallest absolute Gasteiger partial charge is 0.339 e. The summed E-state index contributed by atoms with van der Waals surface area (Å²) in [7, 11) is 0. The molecule has 3 aromatic rings. The number of hydrogen-bond acceptors (Lipinski definition) is 4. The van der Waals surface area contributed by atoms with Gasteiger partial charge in [0.1, 0.15) is 5.00 Å². The molecule has 2 heterocycles. The Labute approximate surface area is 193 Å². The molecule has 6 nitrogen and oxygen atoms in total. The first-order chi connectivity index (χ1) is 15.4. The average molecular weight is 467 g/mol. The summed E-state index contributed by atoms with van der Waals surface area (Å²) in [6.07, 6.45) is 3.63. The van der Waals surface area contributed by atoms with Crippen molar-refractivity contribution < 1.29 is 19.5 Å². The Hall–Kier alpha value is -3.42. The summed E-state index contributed by atoms with van der Waals surface area (Å²) in [5.74, 6) is -1.62. The molecule has 2 N–H and O–H groups in total. The van der Waals surface area contributed by atoms with E-state index in [4.69, 9.17) is 11.6 Å². The number of carbonyl (C=O) groups excluding carboxylic acids is 2. The first-order valence-corrected chi connectivity index (χ1v) is 11.1. The van der Waals surface area contributed by atoms with Gasteiger partial charge in [-0.3, -0.25) is 9.59 Å². The Bertz CT molecular complexity index is 1200. The van der Waals surface area contributed by atoms with Crippen LogP contribution >= 0.6 is 22.9 Å². The summed E-state index contributed by atoms with van der Waals surface area (Å²) in [6, 6.07) is 15.8. The first-order valence-electron chi connectivity index (χ1n) is 9.89. The minimum absolute atomic E-state index is 0.109. The zero-order valence-corrected chi connectivity index (χ0v) is 18.4. The number of carbonyl (C=O) groups is 3. The van der Waals surface area contributed by atoms with Crippen molar-refractivity contribution in [3.63, 3.8) is 0 Å². The van der Waals surface area contributed by atoms with E-state index in [-0.39, 0.29) is 17.4 Å². The van der Waals surface area contributed by atoms with Gasteiger partial charge in [-0.05, 0) is 47.9 Å². The molecule has 0 atom stereocenters. The second kappa shape index (κ2) is 9.38. The van der Waals surface area contributed by atoms with Gasteiger partial charge in [-0.25, -0.2) is 4.79 Å². The molecule has 32 heavy (non-hydrogen) atoms. The van der Waals surface area contributed by atoms with Crippen LogP contribution in [0.3, 0.4) is 0 Å². The van der Waals surface area contributed by atoms with Crippen molar-refractivity contribution in [3.8, 4) is 0 Å². The van der Waals surface area contributed by atoms with E-state index in [0.29, 0.717) is 40.7 Å². The number of carboxylic acids is 1. The molecule has 0 unspecified atom stereocenters. The minimum Gasteiger partial charge on any atom is -0.478 e. The van der Waals surface area contributed by atoms with E-state index in [2.05, 4.69) is 5.32 Å². The lowest BCUT2D eigenvalue weighted by atomic mass is 10.0. The molecular formula is C24H19ClN2O4S. The molecule has 0 saturated heterocycles. The van der Waals surface area contributed by atoms with Gasteiger partial charge in [0.2, 0.25) is 5.91 Å².